The van der Waals surface area contributed by atoms with Crippen LogP contribution in [0.4, 0.5) is 0 Å². The average Bonchev–Trinajstić information content (AvgIpc) is 2.52. The highest BCUT2D eigenvalue weighted by molar-refractivity contribution is 5.69. The van der Waals surface area contributed by atoms with Crippen LogP contribution in [0.5, 0.6) is 0 Å². The van der Waals surface area contributed by atoms with Gasteiger partial charge in [0, 0.05) is 25.7 Å². The van der Waals surface area contributed by atoms with Gasteiger partial charge in [0.05, 0.1) is 12.0 Å². The quantitative estimate of drug-likeness (QED) is 0.510. The maximum absolute atomic E-state index is 4.15. The molecule has 0 aliphatic rings. The lowest BCUT2D eigenvalue weighted by molar-refractivity contribution is 0.913. The van der Waals surface area contributed by atoms with E-state index < -0.39 is 0 Å². The number of rotatable bonds is 3. The topological polar surface area (TPSA) is 30.2 Å². The fraction of sp³-hybridized carbons (Fsp3) is 0.200. The molecule has 0 atom stereocenters. The summed E-state index contributed by atoms with van der Waals surface area (Å²) in [5, 5.41) is 0. The standard InChI is InChI=1S/C10H13N3/c1-4-11-6-5-9(2)10-7-13(3)8-12-10/h4-8H,2H2,1,3H3/b6-5-,11-4?. The fourth-order valence-electron chi connectivity index (χ4n) is 0.883. The van der Waals surface area contributed by atoms with Crippen molar-refractivity contribution in [3.8, 4) is 0 Å². The van der Waals surface area contributed by atoms with Crippen LogP contribution in [0, 0.1) is 0 Å². The van der Waals surface area contributed by atoms with E-state index in [-0.39, 0.29) is 0 Å². The SMILES string of the molecule is C=C(/C=C\N=CC)c1cn(C)cn1. The first-order chi connectivity index (χ1) is 6.24. The van der Waals surface area contributed by atoms with Crippen LogP contribution in [-0.2, 0) is 7.05 Å². The van der Waals surface area contributed by atoms with Crippen molar-refractivity contribution in [2.24, 2.45) is 12.0 Å². The Balaban J connectivity index is 2.69. The van der Waals surface area contributed by atoms with Gasteiger partial charge in [0.25, 0.3) is 0 Å². The molecule has 0 aliphatic heterocycles. The zero-order valence-corrected chi connectivity index (χ0v) is 7.94. The number of aromatic nitrogens is 2. The predicted octanol–water partition coefficient (Wildman–Crippen LogP) is 2.04. The smallest absolute Gasteiger partial charge is 0.0951 e. The molecule has 0 radical (unpaired) electrons. The van der Waals surface area contributed by atoms with Crippen molar-refractivity contribution >= 4 is 11.8 Å². The van der Waals surface area contributed by atoms with Gasteiger partial charge >= 0.3 is 0 Å². The number of imidazole rings is 1. The van der Waals surface area contributed by atoms with Gasteiger partial charge in [-0.1, -0.05) is 6.58 Å². The molecule has 3 nitrogen and oxygen atoms in total. The minimum atomic E-state index is 0.867. The maximum Gasteiger partial charge on any atom is 0.0951 e. The minimum absolute atomic E-state index is 0.867. The largest absolute Gasteiger partial charge is 0.340 e. The molecule has 0 aliphatic carbocycles. The maximum atomic E-state index is 4.15. The Kier molecular flexibility index (Phi) is 3.20. The number of aryl methyl sites for hydroxylation is 1. The van der Waals surface area contributed by atoms with Gasteiger partial charge in [-0.3, -0.25) is 4.99 Å². The third-order valence-corrected chi connectivity index (χ3v) is 1.54. The Morgan fingerprint density at radius 1 is 1.69 bits per heavy atom. The summed E-state index contributed by atoms with van der Waals surface area (Å²) in [6.07, 6.45) is 8.93. The molecule has 0 unspecified atom stereocenters. The van der Waals surface area contributed by atoms with Crippen LogP contribution in [0.25, 0.3) is 5.57 Å². The summed E-state index contributed by atoms with van der Waals surface area (Å²) in [7, 11) is 1.93. The van der Waals surface area contributed by atoms with Gasteiger partial charge in [-0.2, -0.15) is 0 Å². The molecule has 1 rings (SSSR count). The van der Waals surface area contributed by atoms with Gasteiger partial charge in [0.1, 0.15) is 0 Å². The zero-order chi connectivity index (χ0) is 9.68. The van der Waals surface area contributed by atoms with Gasteiger partial charge < -0.3 is 4.57 Å². The van der Waals surface area contributed by atoms with Crippen molar-refractivity contribution in [3.05, 3.63) is 37.1 Å². The highest BCUT2D eigenvalue weighted by atomic mass is 15.0. The van der Waals surface area contributed by atoms with E-state index in [1.54, 1.807) is 18.7 Å². The van der Waals surface area contributed by atoms with E-state index in [0.29, 0.717) is 0 Å². The van der Waals surface area contributed by atoms with Crippen LogP contribution >= 0.6 is 0 Å². The van der Waals surface area contributed by atoms with Crippen LogP contribution in [-0.4, -0.2) is 15.8 Å². The Labute approximate surface area is 78.1 Å². The number of allylic oxidation sites excluding steroid dienone is 2. The van der Waals surface area contributed by atoms with Crippen molar-refractivity contribution < 1.29 is 0 Å². The molecule has 1 heterocycles. The first-order valence-electron chi connectivity index (χ1n) is 4.05. The van der Waals surface area contributed by atoms with Crippen molar-refractivity contribution in [3.63, 3.8) is 0 Å². The Hall–Kier alpha value is -1.64. The number of hydrogen-bond donors (Lipinski definition) is 0. The van der Waals surface area contributed by atoms with Gasteiger partial charge in [0.15, 0.2) is 0 Å². The molecule has 0 amide bonds. The normalized spacial score (nSPS) is 11.5. The minimum Gasteiger partial charge on any atom is -0.340 e. The monoisotopic (exact) mass is 175 g/mol. The van der Waals surface area contributed by atoms with Crippen molar-refractivity contribution in [1.29, 1.82) is 0 Å². The second-order valence-corrected chi connectivity index (χ2v) is 2.67. The molecule has 0 fully saturated rings. The molecule has 0 spiro atoms. The number of hydrogen-bond acceptors (Lipinski definition) is 2. The summed E-state index contributed by atoms with van der Waals surface area (Å²) in [6, 6.07) is 0. The van der Waals surface area contributed by atoms with Crippen molar-refractivity contribution in [2.45, 2.75) is 6.92 Å². The average molecular weight is 175 g/mol. The van der Waals surface area contributed by atoms with E-state index in [0.717, 1.165) is 11.3 Å². The Bertz CT molecular complexity index is 345. The summed E-state index contributed by atoms with van der Waals surface area (Å²) in [5.74, 6) is 0. The highest BCUT2D eigenvalue weighted by Gasteiger charge is 1.96. The number of nitrogens with zero attached hydrogens (tertiary/aromatic N) is 3. The van der Waals surface area contributed by atoms with Crippen LogP contribution < -0.4 is 0 Å². The third kappa shape index (κ3) is 2.71. The van der Waals surface area contributed by atoms with Crippen LogP contribution in [0.3, 0.4) is 0 Å². The van der Waals surface area contributed by atoms with Crippen LogP contribution in [0.1, 0.15) is 12.6 Å². The Morgan fingerprint density at radius 3 is 3.00 bits per heavy atom. The summed E-state index contributed by atoms with van der Waals surface area (Å²) in [5.41, 5.74) is 1.75. The van der Waals surface area contributed by atoms with E-state index in [4.69, 9.17) is 0 Å². The lowest BCUT2D eigenvalue weighted by Crippen LogP contribution is -1.79. The summed E-state index contributed by atoms with van der Waals surface area (Å²) < 4.78 is 1.89. The second-order valence-electron chi connectivity index (χ2n) is 2.67. The molecule has 0 saturated heterocycles. The molecule has 3 heteroatoms. The molecule has 13 heavy (non-hydrogen) atoms. The molecule has 0 saturated carbocycles. The predicted molar refractivity (Wildman–Crippen MR) is 55.5 cm³/mol. The Morgan fingerprint density at radius 2 is 2.46 bits per heavy atom. The first kappa shape index (κ1) is 9.45. The van der Waals surface area contributed by atoms with Crippen molar-refractivity contribution in [2.75, 3.05) is 0 Å². The molecule has 0 N–H and O–H groups in total. The molecular weight excluding hydrogens is 162 g/mol. The van der Waals surface area contributed by atoms with E-state index >= 15 is 0 Å². The van der Waals surface area contributed by atoms with Crippen molar-refractivity contribution in [1.82, 2.24) is 9.55 Å². The highest BCUT2D eigenvalue weighted by Crippen LogP contribution is 2.09. The third-order valence-electron chi connectivity index (χ3n) is 1.54. The zero-order valence-electron chi connectivity index (χ0n) is 7.94. The lowest BCUT2D eigenvalue weighted by Gasteiger charge is -1.90. The fourth-order valence-corrected chi connectivity index (χ4v) is 0.883. The van der Waals surface area contributed by atoms with E-state index in [9.17, 15) is 0 Å². The molecular formula is C10H13N3. The van der Waals surface area contributed by atoms with Crippen LogP contribution in [0.2, 0.25) is 0 Å². The van der Waals surface area contributed by atoms with E-state index in [2.05, 4.69) is 16.6 Å². The van der Waals surface area contributed by atoms with Crippen LogP contribution in [0.15, 0.2) is 36.4 Å². The lowest BCUT2D eigenvalue weighted by atomic mass is 10.2. The van der Waals surface area contributed by atoms with Gasteiger partial charge in [-0.25, -0.2) is 4.98 Å². The molecule has 0 aromatic carbocycles. The first-order valence-corrected chi connectivity index (χ1v) is 4.05. The van der Waals surface area contributed by atoms with E-state index in [1.165, 1.54) is 0 Å². The van der Waals surface area contributed by atoms with E-state index in [1.807, 2.05) is 30.8 Å². The van der Waals surface area contributed by atoms with Gasteiger partial charge in [-0.05, 0) is 18.6 Å². The summed E-state index contributed by atoms with van der Waals surface area (Å²) in [4.78, 5) is 8.10. The molecule has 1 aromatic rings. The molecule has 68 valence electrons. The second kappa shape index (κ2) is 4.40. The molecule has 1 aromatic heterocycles. The summed E-state index contributed by atoms with van der Waals surface area (Å²) >= 11 is 0. The van der Waals surface area contributed by atoms with Gasteiger partial charge in [-0.15, -0.1) is 0 Å². The number of aliphatic imine (C=N–C) groups is 1. The summed E-state index contributed by atoms with van der Waals surface area (Å²) in [6.45, 7) is 5.74. The molecule has 0 bridgehead atoms. The van der Waals surface area contributed by atoms with Gasteiger partial charge in [0.2, 0.25) is 0 Å².